The fourth-order valence-electron chi connectivity index (χ4n) is 4.17. The number of H-pyrrole nitrogens is 2. The number of nitrogens with zero attached hydrogens (tertiary/aromatic N) is 5. The second-order valence-electron chi connectivity index (χ2n) is 10.0. The molecule has 0 saturated heterocycles. The van der Waals surface area contributed by atoms with Crippen LogP contribution in [0.25, 0.3) is 55.8 Å². The van der Waals surface area contributed by atoms with E-state index in [-0.39, 0.29) is 5.41 Å². The maximum atomic E-state index is 4.90. The van der Waals surface area contributed by atoms with Crippen molar-refractivity contribution in [3.8, 4) is 33.9 Å². The van der Waals surface area contributed by atoms with E-state index in [0.717, 1.165) is 61.4 Å². The second-order valence-corrected chi connectivity index (χ2v) is 10.0. The Hall–Kier alpha value is -4.85. The minimum Gasteiger partial charge on any atom is -0.358 e. The fourth-order valence-corrected chi connectivity index (χ4v) is 4.17. The van der Waals surface area contributed by atoms with Gasteiger partial charge in [-0.1, -0.05) is 33.4 Å². The van der Waals surface area contributed by atoms with E-state index < -0.39 is 0 Å². The van der Waals surface area contributed by atoms with Gasteiger partial charge in [0.25, 0.3) is 0 Å². The lowest BCUT2D eigenvalue weighted by molar-refractivity contribution is 0.509. The number of hydrogen-bond donors (Lipinski definition) is 3. The maximum Gasteiger partial charge on any atom is 0.159 e. The minimum atomic E-state index is -0.0556. The van der Waals surface area contributed by atoms with E-state index in [1.807, 2.05) is 36.7 Å². The van der Waals surface area contributed by atoms with Gasteiger partial charge in [0.15, 0.2) is 5.82 Å². The van der Waals surface area contributed by atoms with Crippen molar-refractivity contribution in [1.82, 2.24) is 35.1 Å². The highest BCUT2D eigenvalue weighted by molar-refractivity contribution is 5.97. The SMILES string of the molecule is C=C(Nc1cncc(-c2ccc3[nH]nc(-c4nc5c(-c6ccncc6)nccc5[nH]4)c3c2)c1)C(C)(C)C. The molecule has 0 aliphatic carbocycles. The van der Waals surface area contributed by atoms with Crippen LogP contribution in [0.15, 0.2) is 85.7 Å². The number of rotatable bonds is 5. The summed E-state index contributed by atoms with van der Waals surface area (Å²) >= 11 is 0. The topological polar surface area (TPSA) is 108 Å². The monoisotopic (exact) mass is 486 g/mol. The Morgan fingerprint density at radius 2 is 1.68 bits per heavy atom. The van der Waals surface area contributed by atoms with Gasteiger partial charge < -0.3 is 10.3 Å². The molecule has 1 aromatic carbocycles. The number of benzene rings is 1. The molecule has 3 N–H and O–H groups in total. The quantitative estimate of drug-likeness (QED) is 0.253. The summed E-state index contributed by atoms with van der Waals surface area (Å²) in [5.41, 5.74) is 8.93. The third-order valence-corrected chi connectivity index (χ3v) is 6.41. The standard InChI is InChI=1S/C29H26N8/c1-17(29(2,3)4)33-21-13-20(15-31-16-21)19-5-6-23-22(14-19)26(37-36-23)28-34-24-9-12-32-25(27(24)35-28)18-7-10-30-11-8-18/h5-16,33H,1H2,2-4H3,(H,34,35)(H,36,37). The molecule has 6 rings (SSSR count). The molecule has 5 heterocycles. The highest BCUT2D eigenvalue weighted by Gasteiger charge is 2.17. The number of aromatic nitrogens is 7. The Bertz CT molecular complexity index is 1760. The molecule has 0 aliphatic heterocycles. The van der Waals surface area contributed by atoms with Gasteiger partial charge in [0.05, 0.1) is 28.6 Å². The fraction of sp³-hybridized carbons (Fsp3) is 0.138. The number of imidazole rings is 1. The predicted molar refractivity (Wildman–Crippen MR) is 148 cm³/mol. The van der Waals surface area contributed by atoms with Gasteiger partial charge in [0.1, 0.15) is 11.2 Å². The van der Waals surface area contributed by atoms with Gasteiger partial charge in [-0.05, 0) is 42.0 Å². The van der Waals surface area contributed by atoms with Crippen molar-refractivity contribution in [3.63, 3.8) is 0 Å². The zero-order valence-corrected chi connectivity index (χ0v) is 20.9. The summed E-state index contributed by atoms with van der Waals surface area (Å²) in [4.78, 5) is 21.5. The number of nitrogens with one attached hydrogen (secondary N) is 3. The van der Waals surface area contributed by atoms with Crippen LogP contribution in [-0.4, -0.2) is 35.1 Å². The Labute approximate surface area is 214 Å². The lowest BCUT2D eigenvalue weighted by Gasteiger charge is -2.23. The number of aromatic amines is 2. The molecule has 0 fully saturated rings. The van der Waals surface area contributed by atoms with Crippen LogP contribution in [0.1, 0.15) is 20.8 Å². The molecule has 5 aromatic heterocycles. The summed E-state index contributed by atoms with van der Waals surface area (Å²) in [6.07, 6.45) is 8.96. The van der Waals surface area contributed by atoms with Crippen LogP contribution in [0, 0.1) is 5.41 Å². The number of anilines is 1. The summed E-state index contributed by atoms with van der Waals surface area (Å²) in [5, 5.41) is 12.1. The average Bonchev–Trinajstić information content (AvgIpc) is 3.52. The van der Waals surface area contributed by atoms with E-state index in [1.54, 1.807) is 18.6 Å². The Kier molecular flexibility index (Phi) is 5.30. The molecule has 8 nitrogen and oxygen atoms in total. The normalized spacial score (nSPS) is 11.8. The molecule has 0 aliphatic rings. The van der Waals surface area contributed by atoms with Gasteiger partial charge in [-0.15, -0.1) is 0 Å². The number of hydrogen-bond acceptors (Lipinski definition) is 6. The largest absolute Gasteiger partial charge is 0.358 e. The van der Waals surface area contributed by atoms with Gasteiger partial charge in [-0.3, -0.25) is 20.1 Å². The molecule has 8 heteroatoms. The number of allylic oxidation sites excluding steroid dienone is 1. The van der Waals surface area contributed by atoms with Gasteiger partial charge in [-0.25, -0.2) is 4.98 Å². The summed E-state index contributed by atoms with van der Waals surface area (Å²) < 4.78 is 0. The first kappa shape index (κ1) is 22.6. The van der Waals surface area contributed by atoms with Crippen molar-refractivity contribution >= 4 is 27.6 Å². The molecule has 0 atom stereocenters. The van der Waals surface area contributed by atoms with Crippen molar-refractivity contribution in [2.75, 3.05) is 5.32 Å². The van der Waals surface area contributed by atoms with Gasteiger partial charge in [0, 0.05) is 52.4 Å². The first-order valence-corrected chi connectivity index (χ1v) is 12.0. The van der Waals surface area contributed by atoms with Gasteiger partial charge in [0.2, 0.25) is 0 Å². The zero-order valence-electron chi connectivity index (χ0n) is 20.9. The number of fused-ring (bicyclic) bond motifs is 2. The lowest BCUT2D eigenvalue weighted by atomic mass is 9.93. The van der Waals surface area contributed by atoms with E-state index in [0.29, 0.717) is 5.82 Å². The molecule has 37 heavy (non-hydrogen) atoms. The first-order valence-electron chi connectivity index (χ1n) is 12.0. The first-order chi connectivity index (χ1) is 17.9. The van der Waals surface area contributed by atoms with Gasteiger partial charge in [-0.2, -0.15) is 5.10 Å². The van der Waals surface area contributed by atoms with Crippen LogP contribution < -0.4 is 5.32 Å². The molecule has 0 saturated carbocycles. The summed E-state index contributed by atoms with van der Waals surface area (Å²) in [6.45, 7) is 10.6. The molecule has 0 amide bonds. The molecule has 0 radical (unpaired) electrons. The number of pyridine rings is 3. The summed E-state index contributed by atoms with van der Waals surface area (Å²) in [7, 11) is 0. The molecule has 0 spiro atoms. The highest BCUT2D eigenvalue weighted by Crippen LogP contribution is 2.33. The van der Waals surface area contributed by atoms with Crippen molar-refractivity contribution in [3.05, 3.63) is 85.7 Å². The molecular formula is C29H26N8. The van der Waals surface area contributed by atoms with Crippen molar-refractivity contribution in [1.29, 1.82) is 0 Å². The van der Waals surface area contributed by atoms with E-state index in [1.165, 1.54) is 0 Å². The molecule has 6 aromatic rings. The lowest BCUT2D eigenvalue weighted by Crippen LogP contribution is -2.15. The summed E-state index contributed by atoms with van der Waals surface area (Å²) in [6, 6.07) is 14.1. The average molecular weight is 487 g/mol. The minimum absolute atomic E-state index is 0.0556. The van der Waals surface area contributed by atoms with Crippen LogP contribution in [0.2, 0.25) is 0 Å². The van der Waals surface area contributed by atoms with Crippen LogP contribution in [0.5, 0.6) is 0 Å². The predicted octanol–water partition coefficient (Wildman–Crippen LogP) is 6.60. The highest BCUT2D eigenvalue weighted by atomic mass is 15.1. The van der Waals surface area contributed by atoms with Crippen molar-refractivity contribution in [2.24, 2.45) is 5.41 Å². The second kappa shape index (κ2) is 8.67. The molecule has 0 unspecified atom stereocenters. The van der Waals surface area contributed by atoms with Crippen molar-refractivity contribution < 1.29 is 0 Å². The smallest absolute Gasteiger partial charge is 0.159 e. The van der Waals surface area contributed by atoms with Crippen LogP contribution >= 0.6 is 0 Å². The third kappa shape index (κ3) is 4.23. The maximum absolute atomic E-state index is 4.90. The molecular weight excluding hydrogens is 460 g/mol. The van der Waals surface area contributed by atoms with Crippen molar-refractivity contribution in [2.45, 2.75) is 20.8 Å². The molecule has 0 bridgehead atoms. The Morgan fingerprint density at radius 3 is 2.49 bits per heavy atom. The van der Waals surface area contributed by atoms with Gasteiger partial charge >= 0.3 is 0 Å². The van der Waals surface area contributed by atoms with Crippen LogP contribution in [0.3, 0.4) is 0 Å². The third-order valence-electron chi connectivity index (χ3n) is 6.41. The molecule has 182 valence electrons. The Morgan fingerprint density at radius 1 is 0.838 bits per heavy atom. The van der Waals surface area contributed by atoms with Crippen LogP contribution in [0.4, 0.5) is 5.69 Å². The Balaban J connectivity index is 1.40. The van der Waals surface area contributed by atoms with E-state index in [2.05, 4.69) is 81.0 Å². The van der Waals surface area contributed by atoms with E-state index in [4.69, 9.17) is 4.98 Å². The zero-order chi connectivity index (χ0) is 25.6. The van der Waals surface area contributed by atoms with E-state index in [9.17, 15) is 0 Å². The van der Waals surface area contributed by atoms with Crippen LogP contribution in [-0.2, 0) is 0 Å². The summed E-state index contributed by atoms with van der Waals surface area (Å²) in [5.74, 6) is 0.678. The van der Waals surface area contributed by atoms with E-state index >= 15 is 0 Å².